The Morgan fingerprint density at radius 2 is 1.96 bits per heavy atom. The number of aromatic nitrogens is 1. The highest BCUT2D eigenvalue weighted by molar-refractivity contribution is 5.76. The minimum Gasteiger partial charge on any atom is -0.469 e. The zero-order valence-corrected chi connectivity index (χ0v) is 14.3. The number of nitrogens with one attached hydrogen (secondary N) is 1. The fraction of sp³-hybridized carbons (Fsp3) is 0.238. The molecule has 1 aromatic carbocycles. The van der Waals surface area contributed by atoms with E-state index in [1.165, 1.54) is 5.56 Å². The first-order valence-corrected chi connectivity index (χ1v) is 8.46. The van der Waals surface area contributed by atoms with Crippen LogP contribution in [0.1, 0.15) is 34.9 Å². The van der Waals surface area contributed by atoms with E-state index in [1.54, 1.807) is 12.5 Å². The summed E-state index contributed by atoms with van der Waals surface area (Å²) in [5.74, 6) is 0.891. The van der Waals surface area contributed by atoms with Crippen LogP contribution in [0.25, 0.3) is 0 Å². The molecule has 3 aromatic rings. The van der Waals surface area contributed by atoms with E-state index in [0.717, 1.165) is 23.4 Å². The molecule has 3 rings (SSSR count). The Morgan fingerprint density at radius 3 is 2.68 bits per heavy atom. The number of furan rings is 1. The van der Waals surface area contributed by atoms with Crippen molar-refractivity contribution in [1.82, 2.24) is 10.3 Å². The zero-order valence-electron chi connectivity index (χ0n) is 14.3. The van der Waals surface area contributed by atoms with Gasteiger partial charge in [0, 0.05) is 30.8 Å². The molecule has 1 atom stereocenters. The number of pyridine rings is 1. The number of nitrogens with zero attached hydrogens (tertiary/aromatic N) is 1. The predicted molar refractivity (Wildman–Crippen MR) is 97.0 cm³/mol. The third-order valence-corrected chi connectivity index (χ3v) is 4.15. The minimum absolute atomic E-state index is 0.0202. The van der Waals surface area contributed by atoms with Gasteiger partial charge in [0.15, 0.2) is 0 Å². The second-order valence-electron chi connectivity index (χ2n) is 6.19. The van der Waals surface area contributed by atoms with Gasteiger partial charge >= 0.3 is 0 Å². The first kappa shape index (κ1) is 17.0. The monoisotopic (exact) mass is 334 g/mol. The number of amides is 1. The molecule has 0 aliphatic carbocycles. The minimum atomic E-state index is 0.0202. The molecule has 1 amide bonds. The molecule has 1 N–H and O–H groups in total. The lowest BCUT2D eigenvalue weighted by Crippen LogP contribution is -2.25. The fourth-order valence-electron chi connectivity index (χ4n) is 2.91. The Kier molecular flexibility index (Phi) is 5.62. The Hall–Kier alpha value is -2.88. The third-order valence-electron chi connectivity index (χ3n) is 4.15. The van der Waals surface area contributed by atoms with Crippen LogP contribution in [0, 0.1) is 6.92 Å². The molecule has 0 radical (unpaired) electrons. The molecule has 2 aromatic heterocycles. The Bertz CT molecular complexity index is 798. The maximum atomic E-state index is 12.4. The average molecular weight is 334 g/mol. The molecule has 0 saturated heterocycles. The smallest absolute Gasteiger partial charge is 0.221 e. The quantitative estimate of drug-likeness (QED) is 0.710. The van der Waals surface area contributed by atoms with Crippen LogP contribution in [-0.2, 0) is 17.8 Å². The van der Waals surface area contributed by atoms with Gasteiger partial charge in [0.05, 0.1) is 6.26 Å². The standard InChI is InChI=1S/C21H22N2O2/c1-16-12-18(9-10-22-16)15-23-21(24)14-19(20-8-5-11-25-20)13-17-6-3-2-4-7-17/h2-12,19H,13-15H2,1H3,(H,23,24)/t19-/m1/s1. The normalized spacial score (nSPS) is 11.9. The molecule has 128 valence electrons. The second kappa shape index (κ2) is 8.29. The summed E-state index contributed by atoms with van der Waals surface area (Å²) in [4.78, 5) is 16.6. The van der Waals surface area contributed by atoms with Crippen molar-refractivity contribution < 1.29 is 9.21 Å². The molecule has 0 spiro atoms. The van der Waals surface area contributed by atoms with E-state index >= 15 is 0 Å². The van der Waals surface area contributed by atoms with Gasteiger partial charge in [-0.05, 0) is 48.7 Å². The molecule has 0 fully saturated rings. The van der Waals surface area contributed by atoms with E-state index in [2.05, 4.69) is 22.4 Å². The second-order valence-corrected chi connectivity index (χ2v) is 6.19. The highest BCUT2D eigenvalue weighted by Crippen LogP contribution is 2.25. The van der Waals surface area contributed by atoms with Crippen LogP contribution in [0.2, 0.25) is 0 Å². The Balaban J connectivity index is 1.62. The maximum absolute atomic E-state index is 12.4. The van der Waals surface area contributed by atoms with Gasteiger partial charge in [0.25, 0.3) is 0 Å². The van der Waals surface area contributed by atoms with Crippen LogP contribution in [0.5, 0.6) is 0 Å². The summed E-state index contributed by atoms with van der Waals surface area (Å²) in [6, 6.07) is 17.9. The highest BCUT2D eigenvalue weighted by atomic mass is 16.3. The van der Waals surface area contributed by atoms with Crippen molar-refractivity contribution in [2.24, 2.45) is 0 Å². The summed E-state index contributed by atoms with van der Waals surface area (Å²) in [5, 5.41) is 3.00. The first-order valence-electron chi connectivity index (χ1n) is 8.46. The summed E-state index contributed by atoms with van der Waals surface area (Å²) >= 11 is 0. The molecule has 0 bridgehead atoms. The van der Waals surface area contributed by atoms with Gasteiger partial charge in [0.1, 0.15) is 5.76 Å². The topological polar surface area (TPSA) is 55.1 Å². The van der Waals surface area contributed by atoms with E-state index in [-0.39, 0.29) is 11.8 Å². The summed E-state index contributed by atoms with van der Waals surface area (Å²) < 4.78 is 5.56. The van der Waals surface area contributed by atoms with Gasteiger partial charge in [-0.3, -0.25) is 9.78 Å². The van der Waals surface area contributed by atoms with Gasteiger partial charge in [-0.1, -0.05) is 30.3 Å². The zero-order chi connectivity index (χ0) is 17.5. The van der Waals surface area contributed by atoms with Gasteiger partial charge in [-0.25, -0.2) is 0 Å². The summed E-state index contributed by atoms with van der Waals surface area (Å²) in [5.41, 5.74) is 3.20. The predicted octanol–water partition coefficient (Wildman–Crippen LogP) is 4.02. The number of hydrogen-bond acceptors (Lipinski definition) is 3. The van der Waals surface area contributed by atoms with Crippen molar-refractivity contribution in [2.75, 3.05) is 0 Å². The lowest BCUT2D eigenvalue weighted by Gasteiger charge is -2.15. The fourth-order valence-corrected chi connectivity index (χ4v) is 2.91. The largest absolute Gasteiger partial charge is 0.469 e. The molecule has 25 heavy (non-hydrogen) atoms. The number of aryl methyl sites for hydroxylation is 1. The summed E-state index contributed by atoms with van der Waals surface area (Å²) in [6.07, 6.45) is 4.59. The maximum Gasteiger partial charge on any atom is 0.221 e. The molecule has 0 aliphatic rings. The molecule has 4 heteroatoms. The Labute approximate surface area is 147 Å². The van der Waals surface area contributed by atoms with Crippen LogP contribution in [-0.4, -0.2) is 10.9 Å². The van der Waals surface area contributed by atoms with Gasteiger partial charge in [0.2, 0.25) is 5.91 Å². The number of benzene rings is 1. The van der Waals surface area contributed by atoms with E-state index in [0.29, 0.717) is 13.0 Å². The molecule has 0 saturated carbocycles. The van der Waals surface area contributed by atoms with E-state index in [9.17, 15) is 4.79 Å². The van der Waals surface area contributed by atoms with Crippen LogP contribution in [0.3, 0.4) is 0 Å². The lowest BCUT2D eigenvalue weighted by molar-refractivity contribution is -0.121. The van der Waals surface area contributed by atoms with Crippen molar-refractivity contribution in [3.05, 3.63) is 89.6 Å². The molecular formula is C21H22N2O2. The van der Waals surface area contributed by atoms with E-state index < -0.39 is 0 Å². The van der Waals surface area contributed by atoms with Crippen molar-refractivity contribution >= 4 is 5.91 Å². The Morgan fingerprint density at radius 1 is 1.12 bits per heavy atom. The van der Waals surface area contributed by atoms with E-state index in [1.807, 2.05) is 49.4 Å². The van der Waals surface area contributed by atoms with Gasteiger partial charge < -0.3 is 9.73 Å². The number of hydrogen-bond donors (Lipinski definition) is 1. The van der Waals surface area contributed by atoms with Gasteiger partial charge in [-0.2, -0.15) is 0 Å². The average Bonchev–Trinajstić information content (AvgIpc) is 3.15. The van der Waals surface area contributed by atoms with Crippen LogP contribution in [0.15, 0.2) is 71.5 Å². The summed E-state index contributed by atoms with van der Waals surface area (Å²) in [7, 11) is 0. The number of carbonyl (C=O) groups excluding carboxylic acids is 1. The van der Waals surface area contributed by atoms with E-state index in [4.69, 9.17) is 4.42 Å². The lowest BCUT2D eigenvalue weighted by atomic mass is 9.93. The highest BCUT2D eigenvalue weighted by Gasteiger charge is 2.19. The molecule has 0 unspecified atom stereocenters. The first-order chi connectivity index (χ1) is 12.2. The van der Waals surface area contributed by atoms with Crippen molar-refractivity contribution in [3.63, 3.8) is 0 Å². The molecule has 0 aliphatic heterocycles. The number of rotatable bonds is 7. The molecule has 2 heterocycles. The van der Waals surface area contributed by atoms with Crippen molar-refractivity contribution in [1.29, 1.82) is 0 Å². The van der Waals surface area contributed by atoms with Crippen LogP contribution < -0.4 is 5.32 Å². The summed E-state index contributed by atoms with van der Waals surface area (Å²) in [6.45, 7) is 2.45. The molecule has 4 nitrogen and oxygen atoms in total. The van der Waals surface area contributed by atoms with Crippen LogP contribution >= 0.6 is 0 Å². The van der Waals surface area contributed by atoms with Crippen molar-refractivity contribution in [3.8, 4) is 0 Å². The van der Waals surface area contributed by atoms with Gasteiger partial charge in [-0.15, -0.1) is 0 Å². The van der Waals surface area contributed by atoms with Crippen molar-refractivity contribution in [2.45, 2.75) is 32.2 Å². The van der Waals surface area contributed by atoms with Crippen LogP contribution in [0.4, 0.5) is 0 Å². The number of carbonyl (C=O) groups is 1. The third kappa shape index (κ3) is 5.05. The SMILES string of the molecule is Cc1cc(CNC(=O)C[C@@H](Cc2ccccc2)c2ccco2)ccn1. The molecular weight excluding hydrogens is 312 g/mol.